The fourth-order valence-electron chi connectivity index (χ4n) is 2.01. The Morgan fingerprint density at radius 2 is 2.14 bits per heavy atom. The number of carbonyl (C=O) groups is 1. The van der Waals surface area contributed by atoms with E-state index >= 15 is 0 Å². The van der Waals surface area contributed by atoms with E-state index in [-0.39, 0.29) is 11.2 Å². The first-order chi connectivity index (χ1) is 9.82. The molecular weight excluding hydrogens is 284 g/mol. The predicted molar refractivity (Wildman–Crippen MR) is 83.9 cm³/mol. The summed E-state index contributed by atoms with van der Waals surface area (Å²) in [5, 5.41) is 8.60. The molecule has 2 aromatic rings. The third kappa shape index (κ3) is 3.56. The van der Waals surface area contributed by atoms with Gasteiger partial charge in [-0.1, -0.05) is 32.2 Å². The van der Waals surface area contributed by atoms with Crippen molar-refractivity contribution in [1.82, 2.24) is 19.4 Å². The van der Waals surface area contributed by atoms with Crippen molar-refractivity contribution in [1.29, 1.82) is 0 Å². The Hall–Kier alpha value is -1.56. The van der Waals surface area contributed by atoms with Crippen LogP contribution in [0.15, 0.2) is 12.3 Å². The fourth-order valence-corrected chi connectivity index (χ4v) is 2.82. The molecule has 2 aromatic heterocycles. The van der Waals surface area contributed by atoms with E-state index < -0.39 is 0 Å². The summed E-state index contributed by atoms with van der Waals surface area (Å²) in [5.74, 6) is 0.0457. The molecular formula is C15H22N4OS. The Kier molecular flexibility index (Phi) is 4.56. The summed E-state index contributed by atoms with van der Waals surface area (Å²) < 4.78 is 5.86. The second-order valence-corrected chi connectivity index (χ2v) is 7.10. The first kappa shape index (κ1) is 15.8. The molecule has 6 heteroatoms. The lowest BCUT2D eigenvalue weighted by atomic mass is 9.90. The van der Waals surface area contributed by atoms with Gasteiger partial charge in [-0.15, -0.1) is 5.10 Å². The van der Waals surface area contributed by atoms with E-state index in [0.717, 1.165) is 17.8 Å². The van der Waals surface area contributed by atoms with Crippen molar-refractivity contribution in [2.24, 2.45) is 0 Å². The number of carbonyl (C=O) groups excluding carboxylic acids is 1. The SMILES string of the molecule is CCC(C)n1ccc(CC(=O)c2snnc2C(C)(C)C)n1. The zero-order valence-corrected chi connectivity index (χ0v) is 14.1. The van der Waals surface area contributed by atoms with E-state index in [4.69, 9.17) is 0 Å². The Bertz CT molecular complexity index is 624. The summed E-state index contributed by atoms with van der Waals surface area (Å²) in [5.41, 5.74) is 1.40. The van der Waals surface area contributed by atoms with Crippen LogP contribution in [0.4, 0.5) is 0 Å². The van der Waals surface area contributed by atoms with E-state index in [1.165, 1.54) is 11.5 Å². The second kappa shape index (κ2) is 6.05. The standard InChI is InChI=1S/C15H22N4OS/c1-6-10(2)19-8-7-11(17-19)9-12(20)13-14(15(3,4)5)16-18-21-13/h7-8,10H,6,9H2,1-5H3. The minimum absolute atomic E-state index is 0.0457. The van der Waals surface area contributed by atoms with Crippen molar-refractivity contribution in [3.8, 4) is 0 Å². The third-order valence-electron chi connectivity index (χ3n) is 3.50. The monoisotopic (exact) mass is 306 g/mol. The van der Waals surface area contributed by atoms with Crippen molar-refractivity contribution in [3.05, 3.63) is 28.5 Å². The highest BCUT2D eigenvalue weighted by Crippen LogP contribution is 2.26. The molecule has 0 aliphatic heterocycles. The Balaban J connectivity index is 2.16. The normalized spacial score (nSPS) is 13.4. The summed E-state index contributed by atoms with van der Waals surface area (Å²) >= 11 is 1.18. The molecule has 0 aliphatic carbocycles. The smallest absolute Gasteiger partial charge is 0.182 e. The highest BCUT2D eigenvalue weighted by Gasteiger charge is 2.26. The third-order valence-corrected chi connectivity index (χ3v) is 4.27. The minimum Gasteiger partial charge on any atom is -0.293 e. The number of hydrogen-bond donors (Lipinski definition) is 0. The zero-order chi connectivity index (χ0) is 15.6. The number of ketones is 1. The molecule has 0 aliphatic rings. The van der Waals surface area contributed by atoms with E-state index in [1.54, 1.807) is 0 Å². The summed E-state index contributed by atoms with van der Waals surface area (Å²) in [6.45, 7) is 10.4. The van der Waals surface area contributed by atoms with Gasteiger partial charge in [-0.2, -0.15) is 5.10 Å². The molecule has 0 saturated carbocycles. The molecule has 1 atom stereocenters. The quantitative estimate of drug-likeness (QED) is 0.794. The molecule has 0 amide bonds. The van der Waals surface area contributed by atoms with E-state index in [1.807, 2.05) is 37.7 Å². The first-order valence-electron chi connectivity index (χ1n) is 7.23. The van der Waals surface area contributed by atoms with Gasteiger partial charge < -0.3 is 0 Å². The lowest BCUT2D eigenvalue weighted by molar-refractivity contribution is 0.0993. The topological polar surface area (TPSA) is 60.7 Å². The van der Waals surface area contributed by atoms with Gasteiger partial charge in [0, 0.05) is 17.7 Å². The van der Waals surface area contributed by atoms with Gasteiger partial charge in [0.1, 0.15) is 4.88 Å². The number of nitrogens with zero attached hydrogens (tertiary/aromatic N) is 4. The van der Waals surface area contributed by atoms with Gasteiger partial charge >= 0.3 is 0 Å². The lowest BCUT2D eigenvalue weighted by Gasteiger charge is -2.15. The molecule has 21 heavy (non-hydrogen) atoms. The van der Waals surface area contributed by atoms with Crippen LogP contribution in [0.25, 0.3) is 0 Å². The zero-order valence-electron chi connectivity index (χ0n) is 13.3. The van der Waals surface area contributed by atoms with Crippen LogP contribution in [-0.4, -0.2) is 25.2 Å². The lowest BCUT2D eigenvalue weighted by Crippen LogP contribution is -2.17. The van der Waals surface area contributed by atoms with Gasteiger partial charge in [0.25, 0.3) is 0 Å². The van der Waals surface area contributed by atoms with Crippen LogP contribution in [0.3, 0.4) is 0 Å². The maximum Gasteiger partial charge on any atom is 0.182 e. The van der Waals surface area contributed by atoms with Gasteiger partial charge in [-0.3, -0.25) is 9.48 Å². The van der Waals surface area contributed by atoms with Crippen LogP contribution >= 0.6 is 11.5 Å². The molecule has 2 heterocycles. The van der Waals surface area contributed by atoms with Crippen LogP contribution in [0.1, 0.15) is 68.1 Å². The molecule has 0 spiro atoms. The van der Waals surface area contributed by atoms with E-state index in [2.05, 4.69) is 28.5 Å². The van der Waals surface area contributed by atoms with Crippen molar-refractivity contribution < 1.29 is 4.79 Å². The summed E-state index contributed by atoms with van der Waals surface area (Å²) in [4.78, 5) is 13.1. The molecule has 0 radical (unpaired) electrons. The minimum atomic E-state index is -0.173. The number of Topliss-reactive ketones (excluding diaryl/α,β-unsaturated/α-hetero) is 1. The molecule has 2 rings (SSSR count). The van der Waals surface area contributed by atoms with Gasteiger partial charge in [0.15, 0.2) is 5.78 Å². The second-order valence-electron chi connectivity index (χ2n) is 6.34. The average molecular weight is 306 g/mol. The van der Waals surface area contributed by atoms with Crippen molar-refractivity contribution in [3.63, 3.8) is 0 Å². The predicted octanol–water partition coefficient (Wildman–Crippen LogP) is 3.43. The maximum absolute atomic E-state index is 12.5. The Labute approximate surface area is 129 Å². The molecule has 1 unspecified atom stereocenters. The number of aromatic nitrogens is 4. The van der Waals surface area contributed by atoms with Crippen molar-refractivity contribution in [2.45, 2.75) is 58.9 Å². The molecule has 114 valence electrons. The molecule has 0 aromatic carbocycles. The summed E-state index contributed by atoms with van der Waals surface area (Å²) in [7, 11) is 0. The maximum atomic E-state index is 12.5. The van der Waals surface area contributed by atoms with Crippen LogP contribution in [-0.2, 0) is 11.8 Å². The highest BCUT2D eigenvalue weighted by atomic mass is 32.1. The fraction of sp³-hybridized carbons (Fsp3) is 0.600. The van der Waals surface area contributed by atoms with Crippen LogP contribution in [0, 0.1) is 0 Å². The van der Waals surface area contributed by atoms with Crippen LogP contribution < -0.4 is 0 Å². The van der Waals surface area contributed by atoms with Gasteiger partial charge in [0.05, 0.1) is 17.8 Å². The number of rotatable bonds is 5. The van der Waals surface area contributed by atoms with Gasteiger partial charge in [-0.05, 0) is 30.9 Å². The number of hydrogen-bond acceptors (Lipinski definition) is 5. The molecule has 0 saturated heterocycles. The molecule has 0 bridgehead atoms. The van der Waals surface area contributed by atoms with Gasteiger partial charge in [0.2, 0.25) is 0 Å². The van der Waals surface area contributed by atoms with Crippen LogP contribution in [0.2, 0.25) is 0 Å². The average Bonchev–Trinajstić information content (AvgIpc) is 3.05. The largest absolute Gasteiger partial charge is 0.293 e. The molecule has 5 nitrogen and oxygen atoms in total. The van der Waals surface area contributed by atoms with Crippen molar-refractivity contribution in [2.75, 3.05) is 0 Å². The van der Waals surface area contributed by atoms with E-state index in [0.29, 0.717) is 17.3 Å². The first-order valence-corrected chi connectivity index (χ1v) is 8.00. The van der Waals surface area contributed by atoms with Crippen LogP contribution in [0.5, 0.6) is 0 Å². The Morgan fingerprint density at radius 1 is 1.43 bits per heavy atom. The Morgan fingerprint density at radius 3 is 2.76 bits per heavy atom. The molecule has 0 fully saturated rings. The summed E-state index contributed by atoms with van der Waals surface area (Å²) in [6, 6.07) is 2.26. The molecule has 0 N–H and O–H groups in total. The van der Waals surface area contributed by atoms with Gasteiger partial charge in [-0.25, -0.2) is 0 Å². The van der Waals surface area contributed by atoms with E-state index in [9.17, 15) is 4.79 Å². The summed E-state index contributed by atoms with van der Waals surface area (Å²) in [6.07, 6.45) is 3.25. The van der Waals surface area contributed by atoms with Crippen molar-refractivity contribution >= 4 is 17.3 Å². The highest BCUT2D eigenvalue weighted by molar-refractivity contribution is 7.08.